The van der Waals surface area contributed by atoms with Crippen LogP contribution in [0.2, 0.25) is 0 Å². The van der Waals surface area contributed by atoms with Crippen LogP contribution in [0, 0.1) is 0 Å². The molecule has 1 aromatic carbocycles. The molecule has 0 N–H and O–H groups in total. The smallest absolute Gasteiger partial charge is 0.0955 e. The van der Waals surface area contributed by atoms with Crippen molar-refractivity contribution in [2.45, 2.75) is 12.8 Å². The van der Waals surface area contributed by atoms with Crippen LogP contribution in [0.1, 0.15) is 12.0 Å². The van der Waals surface area contributed by atoms with E-state index in [1.807, 2.05) is 17.9 Å². The Balaban J connectivity index is 2.32. The van der Waals surface area contributed by atoms with E-state index >= 15 is 0 Å². The maximum atomic E-state index is 4.33. The number of aryl methyl sites for hydroxylation is 2. The van der Waals surface area contributed by atoms with Gasteiger partial charge in [0.25, 0.3) is 0 Å². The highest BCUT2D eigenvalue weighted by molar-refractivity contribution is 7.80. The molecule has 0 spiro atoms. The molecule has 2 rings (SSSR count). The third-order valence-corrected chi connectivity index (χ3v) is 2.73. The van der Waals surface area contributed by atoms with Crippen LogP contribution in [0.4, 0.5) is 0 Å². The molecule has 0 unspecified atom stereocenters. The van der Waals surface area contributed by atoms with E-state index in [9.17, 15) is 0 Å². The molecule has 0 fully saturated rings. The Labute approximate surface area is 89.4 Å². The van der Waals surface area contributed by atoms with Crippen molar-refractivity contribution < 1.29 is 0 Å². The van der Waals surface area contributed by atoms with E-state index in [1.54, 1.807) is 0 Å². The second-order valence-electron chi connectivity index (χ2n) is 3.51. The summed E-state index contributed by atoms with van der Waals surface area (Å²) in [6.45, 7) is 0. The highest BCUT2D eigenvalue weighted by Gasteiger charge is 2.00. The first-order valence-electron chi connectivity index (χ1n) is 4.82. The van der Waals surface area contributed by atoms with Gasteiger partial charge in [-0.3, -0.25) is 0 Å². The molecule has 1 heterocycles. The molecule has 2 aromatic rings. The fraction of sp³-hybridized carbons (Fsp3) is 0.364. The third-order valence-electron chi connectivity index (χ3n) is 2.41. The quantitative estimate of drug-likeness (QED) is 0.764. The van der Waals surface area contributed by atoms with Gasteiger partial charge >= 0.3 is 0 Å². The van der Waals surface area contributed by atoms with Crippen LogP contribution in [-0.4, -0.2) is 15.3 Å². The van der Waals surface area contributed by atoms with Crippen molar-refractivity contribution in [1.29, 1.82) is 0 Å². The molecule has 0 saturated heterocycles. The van der Waals surface area contributed by atoms with Crippen molar-refractivity contribution in [3.63, 3.8) is 0 Å². The van der Waals surface area contributed by atoms with Crippen LogP contribution < -0.4 is 0 Å². The molecule has 2 nitrogen and oxygen atoms in total. The lowest BCUT2D eigenvalue weighted by Gasteiger charge is -1.99. The maximum Gasteiger partial charge on any atom is 0.0955 e. The summed E-state index contributed by atoms with van der Waals surface area (Å²) in [4.78, 5) is 4.33. The fourth-order valence-electron chi connectivity index (χ4n) is 1.62. The number of thiol groups is 1. The van der Waals surface area contributed by atoms with Gasteiger partial charge in [-0.15, -0.1) is 0 Å². The predicted molar refractivity (Wildman–Crippen MR) is 62.9 cm³/mol. The van der Waals surface area contributed by atoms with Crippen molar-refractivity contribution >= 4 is 23.7 Å². The highest BCUT2D eigenvalue weighted by atomic mass is 32.1. The van der Waals surface area contributed by atoms with Crippen LogP contribution in [0.15, 0.2) is 24.5 Å². The lowest BCUT2D eigenvalue weighted by molar-refractivity contribution is 0.935. The van der Waals surface area contributed by atoms with Gasteiger partial charge in [-0.05, 0) is 36.3 Å². The molecule has 0 aliphatic carbocycles. The zero-order valence-corrected chi connectivity index (χ0v) is 9.17. The molecule has 0 amide bonds. The average Bonchev–Trinajstić information content (AvgIpc) is 2.57. The minimum Gasteiger partial charge on any atom is -0.334 e. The summed E-state index contributed by atoms with van der Waals surface area (Å²) in [6, 6.07) is 6.47. The van der Waals surface area contributed by atoms with E-state index in [4.69, 9.17) is 0 Å². The number of fused-ring (bicyclic) bond motifs is 1. The number of benzene rings is 1. The SMILES string of the molecule is Cn1cnc2cc(CCCS)ccc21. The second kappa shape index (κ2) is 4.05. The summed E-state index contributed by atoms with van der Waals surface area (Å²) in [7, 11) is 2.02. The summed E-state index contributed by atoms with van der Waals surface area (Å²) < 4.78 is 2.04. The lowest BCUT2D eigenvalue weighted by Crippen LogP contribution is -1.87. The molecule has 0 aliphatic rings. The van der Waals surface area contributed by atoms with E-state index in [0.717, 1.165) is 24.1 Å². The number of aromatic nitrogens is 2. The second-order valence-corrected chi connectivity index (χ2v) is 3.95. The Morgan fingerprint density at radius 1 is 1.43 bits per heavy atom. The molecule has 1 aromatic heterocycles. The summed E-state index contributed by atoms with van der Waals surface area (Å²) in [5, 5.41) is 0. The first-order chi connectivity index (χ1) is 6.81. The molecular weight excluding hydrogens is 192 g/mol. The number of nitrogens with zero attached hydrogens (tertiary/aromatic N) is 2. The van der Waals surface area contributed by atoms with Gasteiger partial charge in [-0.25, -0.2) is 4.98 Å². The summed E-state index contributed by atoms with van der Waals surface area (Å²) in [5.74, 6) is 0.945. The summed E-state index contributed by atoms with van der Waals surface area (Å²) in [6.07, 6.45) is 4.07. The zero-order chi connectivity index (χ0) is 9.97. The van der Waals surface area contributed by atoms with Crippen LogP contribution in [0.5, 0.6) is 0 Å². The van der Waals surface area contributed by atoms with Gasteiger partial charge in [-0.1, -0.05) is 6.07 Å². The molecule has 0 bridgehead atoms. The number of hydrogen-bond donors (Lipinski definition) is 1. The standard InChI is InChI=1S/C11H14N2S/c1-13-8-12-10-7-9(3-2-6-14)4-5-11(10)13/h4-5,7-8,14H,2-3,6H2,1H3. The monoisotopic (exact) mass is 206 g/mol. The Hall–Kier alpha value is -0.960. The fourth-order valence-corrected chi connectivity index (χ4v) is 1.78. The van der Waals surface area contributed by atoms with E-state index in [2.05, 4.69) is 35.8 Å². The number of rotatable bonds is 3. The number of imidazole rings is 1. The molecule has 0 atom stereocenters. The molecular formula is C11H14N2S. The van der Waals surface area contributed by atoms with Gasteiger partial charge in [0.1, 0.15) is 0 Å². The van der Waals surface area contributed by atoms with Gasteiger partial charge < -0.3 is 4.57 Å². The first kappa shape index (κ1) is 9.59. The largest absolute Gasteiger partial charge is 0.334 e. The van der Waals surface area contributed by atoms with Gasteiger partial charge in [0.05, 0.1) is 17.4 Å². The Bertz CT molecular complexity index is 434. The van der Waals surface area contributed by atoms with Gasteiger partial charge in [0.15, 0.2) is 0 Å². The van der Waals surface area contributed by atoms with Crippen molar-refractivity contribution in [1.82, 2.24) is 9.55 Å². The normalized spacial score (nSPS) is 11.0. The minimum absolute atomic E-state index is 0.945. The highest BCUT2D eigenvalue weighted by Crippen LogP contribution is 2.14. The Kier molecular flexibility index (Phi) is 2.77. The van der Waals surface area contributed by atoms with Crippen molar-refractivity contribution in [3.05, 3.63) is 30.1 Å². The minimum atomic E-state index is 0.945. The lowest BCUT2D eigenvalue weighted by atomic mass is 10.1. The van der Waals surface area contributed by atoms with E-state index < -0.39 is 0 Å². The van der Waals surface area contributed by atoms with Crippen LogP contribution in [-0.2, 0) is 13.5 Å². The molecule has 14 heavy (non-hydrogen) atoms. The van der Waals surface area contributed by atoms with E-state index in [1.165, 1.54) is 11.1 Å². The third kappa shape index (κ3) is 1.77. The van der Waals surface area contributed by atoms with Gasteiger partial charge in [-0.2, -0.15) is 12.6 Å². The van der Waals surface area contributed by atoms with Crippen LogP contribution in [0.25, 0.3) is 11.0 Å². The maximum absolute atomic E-state index is 4.33. The predicted octanol–water partition coefficient (Wildman–Crippen LogP) is 2.44. The molecule has 0 saturated carbocycles. The van der Waals surface area contributed by atoms with Crippen LogP contribution >= 0.6 is 12.6 Å². The molecule has 74 valence electrons. The Morgan fingerprint density at radius 3 is 3.07 bits per heavy atom. The molecule has 3 heteroatoms. The van der Waals surface area contributed by atoms with Crippen molar-refractivity contribution in [3.8, 4) is 0 Å². The molecule has 0 aliphatic heterocycles. The van der Waals surface area contributed by atoms with Crippen molar-refractivity contribution in [2.24, 2.45) is 7.05 Å². The zero-order valence-electron chi connectivity index (χ0n) is 8.27. The Morgan fingerprint density at radius 2 is 2.29 bits per heavy atom. The van der Waals surface area contributed by atoms with E-state index in [-0.39, 0.29) is 0 Å². The number of hydrogen-bond acceptors (Lipinski definition) is 2. The van der Waals surface area contributed by atoms with Gasteiger partial charge in [0, 0.05) is 7.05 Å². The van der Waals surface area contributed by atoms with Crippen LogP contribution in [0.3, 0.4) is 0 Å². The summed E-state index contributed by atoms with van der Waals surface area (Å²) >= 11 is 4.21. The molecule has 0 radical (unpaired) electrons. The average molecular weight is 206 g/mol. The summed E-state index contributed by atoms with van der Waals surface area (Å²) in [5.41, 5.74) is 3.63. The first-order valence-corrected chi connectivity index (χ1v) is 5.45. The van der Waals surface area contributed by atoms with Gasteiger partial charge in [0.2, 0.25) is 0 Å². The van der Waals surface area contributed by atoms with Crippen molar-refractivity contribution in [2.75, 3.05) is 5.75 Å². The topological polar surface area (TPSA) is 17.8 Å². The van der Waals surface area contributed by atoms with E-state index in [0.29, 0.717) is 0 Å².